The van der Waals surface area contributed by atoms with Crippen molar-refractivity contribution in [3.05, 3.63) is 35.9 Å². The van der Waals surface area contributed by atoms with Crippen LogP contribution < -0.4 is 4.74 Å². The molecule has 0 amide bonds. The van der Waals surface area contributed by atoms with E-state index in [9.17, 15) is 4.79 Å². The number of hydrogen-bond donors (Lipinski definition) is 1. The van der Waals surface area contributed by atoms with Crippen molar-refractivity contribution < 1.29 is 19.0 Å². The molecule has 2 heterocycles. The summed E-state index contributed by atoms with van der Waals surface area (Å²) in [5, 5.41) is 7.31. The van der Waals surface area contributed by atoms with Gasteiger partial charge in [0.2, 0.25) is 5.88 Å². The molecule has 0 spiro atoms. The van der Waals surface area contributed by atoms with E-state index in [0.29, 0.717) is 18.4 Å². The number of nitrogens with one attached hydrogen (secondary N) is 1. The van der Waals surface area contributed by atoms with Crippen LogP contribution in [0.5, 0.6) is 5.88 Å². The number of benzene rings is 1. The van der Waals surface area contributed by atoms with Crippen LogP contribution in [-0.4, -0.2) is 41.6 Å². The second kappa shape index (κ2) is 8.78. The van der Waals surface area contributed by atoms with E-state index in [1.165, 1.54) is 12.5 Å². The lowest BCUT2D eigenvalue weighted by Gasteiger charge is -2.28. The van der Waals surface area contributed by atoms with Crippen LogP contribution in [-0.2, 0) is 14.3 Å². The zero-order chi connectivity index (χ0) is 19.3. The topological polar surface area (TPSA) is 73.4 Å². The van der Waals surface area contributed by atoms with Crippen LogP contribution in [0.2, 0.25) is 0 Å². The molecule has 6 nitrogen and oxygen atoms in total. The van der Waals surface area contributed by atoms with Crippen LogP contribution in [0, 0.1) is 0 Å². The summed E-state index contributed by atoms with van der Waals surface area (Å²) in [7, 11) is 0. The molecular weight excluding hydrogens is 356 g/mol. The van der Waals surface area contributed by atoms with Gasteiger partial charge in [0.05, 0.1) is 11.8 Å². The van der Waals surface area contributed by atoms with E-state index in [2.05, 4.69) is 34.5 Å². The Kier molecular flexibility index (Phi) is 5.95. The molecule has 28 heavy (non-hydrogen) atoms. The number of esters is 1. The van der Waals surface area contributed by atoms with Gasteiger partial charge in [0, 0.05) is 19.6 Å². The summed E-state index contributed by atoms with van der Waals surface area (Å²) in [6.07, 6.45) is 6.45. The molecule has 1 N–H and O–H groups in total. The molecule has 1 atom stereocenters. The van der Waals surface area contributed by atoms with Crippen molar-refractivity contribution in [3.8, 4) is 17.1 Å². The van der Waals surface area contributed by atoms with E-state index in [-0.39, 0.29) is 18.2 Å². The number of H-pyrrole nitrogens is 1. The van der Waals surface area contributed by atoms with Crippen LogP contribution >= 0.6 is 0 Å². The summed E-state index contributed by atoms with van der Waals surface area (Å²) >= 11 is 0. The number of carbonyl (C=O) groups excluding carboxylic acids is 1. The SMILES string of the molecule is CC(=O)OC1CCC(c2ccc(-c3cc(OCC4CCCO4)n[nH]3)cc2)CC1. The highest BCUT2D eigenvalue weighted by Gasteiger charge is 2.24. The van der Waals surface area contributed by atoms with E-state index in [0.717, 1.165) is 56.4 Å². The van der Waals surface area contributed by atoms with Crippen molar-refractivity contribution in [3.63, 3.8) is 0 Å². The third-order valence-corrected chi connectivity index (χ3v) is 5.70. The first-order chi connectivity index (χ1) is 13.7. The molecule has 2 aliphatic rings. The molecule has 2 fully saturated rings. The highest BCUT2D eigenvalue weighted by Crippen LogP contribution is 2.35. The first-order valence-corrected chi connectivity index (χ1v) is 10.2. The van der Waals surface area contributed by atoms with Gasteiger partial charge in [0.25, 0.3) is 0 Å². The zero-order valence-corrected chi connectivity index (χ0v) is 16.4. The molecule has 6 heteroatoms. The fourth-order valence-corrected chi connectivity index (χ4v) is 4.16. The predicted molar refractivity (Wildman–Crippen MR) is 105 cm³/mol. The Morgan fingerprint density at radius 2 is 1.96 bits per heavy atom. The van der Waals surface area contributed by atoms with Gasteiger partial charge in [-0.2, -0.15) is 0 Å². The number of aromatic amines is 1. The second-order valence-electron chi connectivity index (χ2n) is 7.77. The summed E-state index contributed by atoms with van der Waals surface area (Å²) in [5.74, 6) is 0.970. The molecule has 1 aromatic heterocycles. The summed E-state index contributed by atoms with van der Waals surface area (Å²) in [4.78, 5) is 11.1. The molecule has 150 valence electrons. The molecule has 1 saturated heterocycles. The summed E-state index contributed by atoms with van der Waals surface area (Å²) in [5.41, 5.74) is 3.39. The Morgan fingerprint density at radius 3 is 2.64 bits per heavy atom. The molecule has 0 radical (unpaired) electrons. The lowest BCUT2D eigenvalue weighted by atomic mass is 9.82. The van der Waals surface area contributed by atoms with Crippen LogP contribution in [0.3, 0.4) is 0 Å². The Labute approximate surface area is 165 Å². The molecular formula is C22H28N2O4. The van der Waals surface area contributed by atoms with E-state index in [1.54, 1.807) is 0 Å². The fourth-order valence-electron chi connectivity index (χ4n) is 4.16. The standard InChI is InChI=1S/C22H28N2O4/c1-15(25)28-19-10-8-17(9-11-19)16-4-6-18(7-5-16)21-13-22(24-23-21)27-14-20-3-2-12-26-20/h4-7,13,17,19-20H,2-3,8-12,14H2,1H3,(H,23,24). The smallest absolute Gasteiger partial charge is 0.302 e. The Bertz CT molecular complexity index is 772. The largest absolute Gasteiger partial charge is 0.474 e. The Morgan fingerprint density at radius 1 is 1.18 bits per heavy atom. The average molecular weight is 384 g/mol. The summed E-state index contributed by atoms with van der Waals surface area (Å²) in [6, 6.07) is 10.6. The molecule has 1 aliphatic carbocycles. The zero-order valence-electron chi connectivity index (χ0n) is 16.4. The van der Waals surface area contributed by atoms with E-state index >= 15 is 0 Å². The maximum Gasteiger partial charge on any atom is 0.302 e. The maximum absolute atomic E-state index is 11.1. The van der Waals surface area contributed by atoms with E-state index in [1.807, 2.05) is 6.07 Å². The van der Waals surface area contributed by atoms with Gasteiger partial charge < -0.3 is 14.2 Å². The van der Waals surface area contributed by atoms with Crippen LogP contribution in [0.1, 0.15) is 56.9 Å². The number of aromatic nitrogens is 2. The van der Waals surface area contributed by atoms with Crippen LogP contribution in [0.15, 0.2) is 30.3 Å². The van der Waals surface area contributed by atoms with E-state index < -0.39 is 0 Å². The first-order valence-electron chi connectivity index (χ1n) is 10.2. The molecule has 1 saturated carbocycles. The Hall–Kier alpha value is -2.34. The number of ether oxygens (including phenoxy) is 3. The molecule has 0 bridgehead atoms. The highest BCUT2D eigenvalue weighted by molar-refractivity contribution is 5.66. The molecule has 1 unspecified atom stereocenters. The third-order valence-electron chi connectivity index (χ3n) is 5.70. The number of rotatable bonds is 6. The van der Waals surface area contributed by atoms with Gasteiger partial charge in [-0.1, -0.05) is 24.3 Å². The van der Waals surface area contributed by atoms with E-state index in [4.69, 9.17) is 14.2 Å². The fraction of sp³-hybridized carbons (Fsp3) is 0.545. The Balaban J connectivity index is 1.31. The highest BCUT2D eigenvalue weighted by atomic mass is 16.5. The van der Waals surface area contributed by atoms with Gasteiger partial charge in [-0.25, -0.2) is 0 Å². The van der Waals surface area contributed by atoms with Crippen LogP contribution in [0.4, 0.5) is 0 Å². The van der Waals surface area contributed by atoms with Gasteiger partial charge in [0.1, 0.15) is 12.7 Å². The summed E-state index contributed by atoms with van der Waals surface area (Å²) in [6.45, 7) is 2.87. The third kappa shape index (κ3) is 4.73. The van der Waals surface area contributed by atoms with Crippen molar-refractivity contribution in [2.75, 3.05) is 13.2 Å². The van der Waals surface area contributed by atoms with Crippen molar-refractivity contribution in [1.82, 2.24) is 10.2 Å². The molecule has 1 aliphatic heterocycles. The lowest BCUT2D eigenvalue weighted by Crippen LogP contribution is -2.22. The molecule has 2 aromatic rings. The predicted octanol–water partition coefficient (Wildman–Crippen LogP) is 4.22. The van der Waals surface area contributed by atoms with Gasteiger partial charge >= 0.3 is 5.97 Å². The molecule has 1 aromatic carbocycles. The van der Waals surface area contributed by atoms with Gasteiger partial charge in [0.15, 0.2) is 0 Å². The van der Waals surface area contributed by atoms with Crippen molar-refractivity contribution in [2.24, 2.45) is 0 Å². The van der Waals surface area contributed by atoms with Crippen molar-refractivity contribution in [1.29, 1.82) is 0 Å². The number of carbonyl (C=O) groups is 1. The lowest BCUT2D eigenvalue weighted by molar-refractivity contribution is -0.147. The van der Waals surface area contributed by atoms with Gasteiger partial charge in [-0.05, 0) is 55.6 Å². The monoisotopic (exact) mass is 384 g/mol. The maximum atomic E-state index is 11.1. The second-order valence-corrected chi connectivity index (χ2v) is 7.77. The first kappa shape index (κ1) is 19.0. The van der Waals surface area contributed by atoms with Gasteiger partial charge in [-0.3, -0.25) is 9.89 Å². The number of nitrogens with zero attached hydrogens (tertiary/aromatic N) is 1. The minimum atomic E-state index is -0.175. The van der Waals surface area contributed by atoms with Crippen molar-refractivity contribution >= 4 is 5.97 Å². The average Bonchev–Trinajstić information content (AvgIpc) is 3.39. The minimum Gasteiger partial charge on any atom is -0.474 e. The van der Waals surface area contributed by atoms with Crippen molar-refractivity contribution in [2.45, 2.75) is 63.6 Å². The summed E-state index contributed by atoms with van der Waals surface area (Å²) < 4.78 is 16.7. The quantitative estimate of drug-likeness (QED) is 0.755. The number of hydrogen-bond acceptors (Lipinski definition) is 5. The van der Waals surface area contributed by atoms with Gasteiger partial charge in [-0.15, -0.1) is 5.10 Å². The minimum absolute atomic E-state index is 0.0890. The normalized spacial score (nSPS) is 24.8. The van der Waals surface area contributed by atoms with Crippen LogP contribution in [0.25, 0.3) is 11.3 Å². The molecule has 4 rings (SSSR count).